The second-order valence-corrected chi connectivity index (χ2v) is 11.8. The van der Waals surface area contributed by atoms with Crippen molar-refractivity contribution in [2.45, 2.75) is 57.5 Å². The Morgan fingerprint density at radius 2 is 1.76 bits per heavy atom. The molecule has 0 radical (unpaired) electrons. The molecule has 188 valence electrons. The summed E-state index contributed by atoms with van der Waals surface area (Å²) in [4.78, 5) is 1.81. The molecule has 1 atom stereocenters. The van der Waals surface area contributed by atoms with Crippen molar-refractivity contribution in [2.24, 2.45) is 5.92 Å². The minimum Gasteiger partial charge on any atom is -0.387 e. The number of anilines is 1. The number of rotatable bonds is 8. The van der Waals surface area contributed by atoms with Crippen LogP contribution in [0.3, 0.4) is 0 Å². The Bertz CT molecular complexity index is 1120. The van der Waals surface area contributed by atoms with Gasteiger partial charge in [0.05, 0.1) is 16.7 Å². The van der Waals surface area contributed by atoms with Gasteiger partial charge in [-0.1, -0.05) is 49.2 Å². The number of likely N-dealkylation sites (tertiary alicyclic amines) is 1. The van der Waals surface area contributed by atoms with E-state index in [-0.39, 0.29) is 48.3 Å². The number of alkyl halides is 2. The lowest BCUT2D eigenvalue weighted by molar-refractivity contribution is -0.0612. The maximum Gasteiger partial charge on any atom is 0.264 e. The normalized spacial score (nSPS) is 17.7. The van der Waals surface area contributed by atoms with Gasteiger partial charge < -0.3 is 5.11 Å². The zero-order chi connectivity index (χ0) is 25.3. The molecule has 5 nitrogen and oxygen atoms in total. The lowest BCUT2D eigenvalue weighted by Gasteiger charge is -2.33. The van der Waals surface area contributed by atoms with Crippen LogP contribution in [0.4, 0.5) is 14.5 Å². The molecule has 34 heavy (non-hydrogen) atoms. The summed E-state index contributed by atoms with van der Waals surface area (Å²) in [6.45, 7) is 8.58. The number of hydrogen-bond donors (Lipinski definition) is 1. The maximum absolute atomic E-state index is 13.6. The van der Waals surface area contributed by atoms with Crippen LogP contribution >= 0.6 is 11.6 Å². The first-order chi connectivity index (χ1) is 15.8. The molecule has 0 saturated carbocycles. The topological polar surface area (TPSA) is 60.9 Å². The molecule has 0 aromatic heterocycles. The van der Waals surface area contributed by atoms with Gasteiger partial charge in [0.15, 0.2) is 0 Å². The summed E-state index contributed by atoms with van der Waals surface area (Å²) in [5, 5.41) is 10.8. The van der Waals surface area contributed by atoms with E-state index in [0.29, 0.717) is 17.8 Å². The van der Waals surface area contributed by atoms with Gasteiger partial charge in [-0.15, -0.1) is 0 Å². The van der Waals surface area contributed by atoms with Crippen molar-refractivity contribution in [1.82, 2.24) is 4.90 Å². The van der Waals surface area contributed by atoms with Gasteiger partial charge in [0.2, 0.25) is 0 Å². The molecule has 1 N–H and O–H groups in total. The first-order valence-corrected chi connectivity index (χ1v) is 13.3. The van der Waals surface area contributed by atoms with E-state index in [1.807, 2.05) is 45.9 Å². The predicted octanol–water partition coefficient (Wildman–Crippen LogP) is 5.57. The number of aryl methyl sites for hydroxylation is 2. The highest BCUT2D eigenvalue weighted by Gasteiger charge is 2.35. The molecular weight excluding hydrogens is 482 g/mol. The third-order valence-electron chi connectivity index (χ3n) is 6.09. The highest BCUT2D eigenvalue weighted by Crippen LogP contribution is 2.33. The highest BCUT2D eigenvalue weighted by molar-refractivity contribution is 7.92. The van der Waals surface area contributed by atoms with Gasteiger partial charge in [-0.25, -0.2) is 17.2 Å². The standard InChI is InChI=1S/C25H33ClF2N2O3S/c1-17(2)15-30(23-8-5-18(3)13-19(23)4)34(32,33)20-6-7-21(22(26)14-20)24(31)16-29-11-9-25(27,28)10-12-29/h5-8,13-14,17,24,31H,9-12,15-16H2,1-4H3. The summed E-state index contributed by atoms with van der Waals surface area (Å²) in [6, 6.07) is 9.95. The lowest BCUT2D eigenvalue weighted by Crippen LogP contribution is -2.41. The van der Waals surface area contributed by atoms with Crippen LogP contribution in [-0.4, -0.2) is 50.5 Å². The Balaban J connectivity index is 1.86. The Morgan fingerprint density at radius 3 is 2.32 bits per heavy atom. The average molecular weight is 515 g/mol. The molecule has 0 amide bonds. The van der Waals surface area contributed by atoms with E-state index >= 15 is 0 Å². The molecule has 1 aliphatic rings. The minimum atomic E-state index is -3.92. The molecule has 1 saturated heterocycles. The zero-order valence-electron chi connectivity index (χ0n) is 20.1. The molecule has 1 fully saturated rings. The zero-order valence-corrected chi connectivity index (χ0v) is 21.6. The number of benzene rings is 2. The van der Waals surface area contributed by atoms with Crippen LogP contribution < -0.4 is 4.31 Å². The number of β-amino-alcohol motifs (C(OH)–C–C–N with tert-alkyl or cyclic N) is 1. The number of hydrogen-bond acceptors (Lipinski definition) is 4. The molecular formula is C25H33ClF2N2O3S. The van der Waals surface area contributed by atoms with Crippen LogP contribution in [0.2, 0.25) is 5.02 Å². The van der Waals surface area contributed by atoms with Gasteiger partial charge in [0.25, 0.3) is 15.9 Å². The van der Waals surface area contributed by atoms with Gasteiger partial charge in [0, 0.05) is 49.6 Å². The second kappa shape index (κ2) is 10.5. The summed E-state index contributed by atoms with van der Waals surface area (Å²) in [6.07, 6.45) is -1.49. The van der Waals surface area contributed by atoms with Crippen LogP contribution in [0.15, 0.2) is 41.3 Å². The summed E-state index contributed by atoms with van der Waals surface area (Å²) < 4.78 is 55.5. The van der Waals surface area contributed by atoms with Crippen molar-refractivity contribution < 1.29 is 22.3 Å². The SMILES string of the molecule is Cc1ccc(N(CC(C)C)S(=O)(=O)c2ccc(C(O)CN3CCC(F)(F)CC3)c(Cl)c2)c(C)c1. The molecule has 0 aliphatic carbocycles. The van der Waals surface area contributed by atoms with Crippen molar-refractivity contribution in [3.05, 3.63) is 58.1 Å². The molecule has 1 heterocycles. The van der Waals surface area contributed by atoms with Crippen molar-refractivity contribution in [1.29, 1.82) is 0 Å². The third-order valence-corrected chi connectivity index (χ3v) is 8.19. The van der Waals surface area contributed by atoms with Crippen molar-refractivity contribution in [3.63, 3.8) is 0 Å². The van der Waals surface area contributed by atoms with Crippen LogP contribution in [0, 0.1) is 19.8 Å². The van der Waals surface area contributed by atoms with Gasteiger partial charge >= 0.3 is 0 Å². The Hall–Kier alpha value is -1.74. The van der Waals surface area contributed by atoms with Gasteiger partial charge in [-0.05, 0) is 43.5 Å². The second-order valence-electron chi connectivity index (χ2n) is 9.58. The van der Waals surface area contributed by atoms with Crippen molar-refractivity contribution in [2.75, 3.05) is 30.5 Å². The fourth-order valence-electron chi connectivity index (χ4n) is 4.21. The number of halogens is 3. The number of aliphatic hydroxyl groups is 1. The van der Waals surface area contributed by atoms with E-state index in [1.165, 1.54) is 22.5 Å². The fourth-order valence-corrected chi connectivity index (χ4v) is 6.30. The van der Waals surface area contributed by atoms with E-state index in [9.17, 15) is 22.3 Å². The largest absolute Gasteiger partial charge is 0.387 e. The van der Waals surface area contributed by atoms with Crippen molar-refractivity contribution >= 4 is 27.3 Å². The van der Waals surface area contributed by atoms with Gasteiger partial charge in [-0.2, -0.15) is 0 Å². The molecule has 0 bridgehead atoms. The fraction of sp³-hybridized carbons (Fsp3) is 0.520. The smallest absolute Gasteiger partial charge is 0.264 e. The van der Waals surface area contributed by atoms with Crippen LogP contribution in [0.5, 0.6) is 0 Å². The first kappa shape index (κ1) is 26.9. The number of sulfonamides is 1. The quantitative estimate of drug-likeness (QED) is 0.500. The number of aliphatic hydroxyl groups excluding tert-OH is 1. The molecule has 9 heteroatoms. The summed E-state index contributed by atoms with van der Waals surface area (Å²) >= 11 is 6.42. The van der Waals surface area contributed by atoms with Gasteiger partial charge in [0.1, 0.15) is 0 Å². The number of piperidine rings is 1. The first-order valence-electron chi connectivity index (χ1n) is 11.5. The molecule has 2 aromatic rings. The number of nitrogens with zero attached hydrogens (tertiary/aromatic N) is 2. The minimum absolute atomic E-state index is 0.0340. The predicted molar refractivity (Wildman–Crippen MR) is 132 cm³/mol. The van der Waals surface area contributed by atoms with Crippen LogP contribution in [-0.2, 0) is 10.0 Å². The Kier molecular flexibility index (Phi) is 8.28. The molecule has 1 aliphatic heterocycles. The van der Waals surface area contributed by atoms with E-state index in [2.05, 4.69) is 0 Å². The summed E-state index contributed by atoms with van der Waals surface area (Å²) in [5.74, 6) is -2.57. The monoisotopic (exact) mass is 514 g/mol. The average Bonchev–Trinajstić information content (AvgIpc) is 2.73. The lowest BCUT2D eigenvalue weighted by atomic mass is 10.0. The highest BCUT2D eigenvalue weighted by atomic mass is 35.5. The Morgan fingerprint density at radius 1 is 1.12 bits per heavy atom. The van der Waals surface area contributed by atoms with E-state index in [4.69, 9.17) is 11.6 Å². The summed E-state index contributed by atoms with van der Waals surface area (Å²) in [5.41, 5.74) is 2.89. The van der Waals surface area contributed by atoms with Crippen LogP contribution in [0.1, 0.15) is 49.5 Å². The van der Waals surface area contributed by atoms with Gasteiger partial charge in [-0.3, -0.25) is 9.21 Å². The van der Waals surface area contributed by atoms with Crippen molar-refractivity contribution in [3.8, 4) is 0 Å². The molecule has 1 unspecified atom stereocenters. The summed E-state index contributed by atoms with van der Waals surface area (Å²) in [7, 11) is -3.92. The molecule has 3 rings (SSSR count). The van der Waals surface area contributed by atoms with Crippen LogP contribution in [0.25, 0.3) is 0 Å². The van der Waals surface area contributed by atoms with E-state index in [1.54, 1.807) is 4.90 Å². The van der Waals surface area contributed by atoms with E-state index in [0.717, 1.165) is 11.1 Å². The van der Waals surface area contributed by atoms with E-state index < -0.39 is 22.0 Å². The Labute approximate surface area is 206 Å². The molecule has 2 aromatic carbocycles. The third kappa shape index (κ3) is 6.27. The molecule has 0 spiro atoms. The maximum atomic E-state index is 13.6.